The van der Waals surface area contributed by atoms with E-state index in [0.717, 1.165) is 32.6 Å². The second-order valence-corrected chi connectivity index (χ2v) is 4.84. The van der Waals surface area contributed by atoms with Gasteiger partial charge in [0.2, 0.25) is 0 Å². The first-order valence-electron chi connectivity index (χ1n) is 6.04. The Bertz CT molecular complexity index is 367. The van der Waals surface area contributed by atoms with Crippen LogP contribution in [0.4, 0.5) is 0 Å². The predicted molar refractivity (Wildman–Crippen MR) is 66.7 cm³/mol. The lowest BCUT2D eigenvalue weighted by atomic mass is 9.72. The average molecular weight is 219 g/mol. The molecule has 2 heteroatoms. The minimum atomic E-state index is 0.147. The first-order chi connectivity index (χ1) is 7.69. The fourth-order valence-corrected chi connectivity index (χ4v) is 2.67. The summed E-state index contributed by atoms with van der Waals surface area (Å²) < 4.78 is 5.46. The third-order valence-electron chi connectivity index (χ3n) is 4.02. The molecule has 1 aliphatic rings. The van der Waals surface area contributed by atoms with Crippen LogP contribution in [0.15, 0.2) is 18.2 Å². The van der Waals surface area contributed by atoms with E-state index in [4.69, 9.17) is 10.5 Å². The highest BCUT2D eigenvalue weighted by Crippen LogP contribution is 2.36. The van der Waals surface area contributed by atoms with Crippen LogP contribution in [0.1, 0.15) is 29.5 Å². The van der Waals surface area contributed by atoms with Gasteiger partial charge >= 0.3 is 0 Å². The standard InChI is InChI=1S/C14H21NO/c1-11-4-3-5-13(12(11)2)14(10-15)6-8-16-9-7-14/h3-5H,6-10,15H2,1-2H3. The van der Waals surface area contributed by atoms with E-state index in [1.165, 1.54) is 16.7 Å². The molecule has 1 saturated heterocycles. The van der Waals surface area contributed by atoms with Crippen molar-refractivity contribution in [2.45, 2.75) is 32.1 Å². The van der Waals surface area contributed by atoms with Gasteiger partial charge in [-0.1, -0.05) is 18.2 Å². The fraction of sp³-hybridized carbons (Fsp3) is 0.571. The summed E-state index contributed by atoms with van der Waals surface area (Å²) in [6, 6.07) is 6.55. The molecule has 2 rings (SSSR count). The van der Waals surface area contributed by atoms with Crippen molar-refractivity contribution < 1.29 is 4.74 Å². The van der Waals surface area contributed by atoms with Gasteiger partial charge in [0.1, 0.15) is 0 Å². The number of hydrogen-bond donors (Lipinski definition) is 1. The van der Waals surface area contributed by atoms with Gasteiger partial charge in [-0.15, -0.1) is 0 Å². The van der Waals surface area contributed by atoms with Gasteiger partial charge in [0.25, 0.3) is 0 Å². The van der Waals surface area contributed by atoms with Gasteiger partial charge in [-0.2, -0.15) is 0 Å². The van der Waals surface area contributed by atoms with Gasteiger partial charge in [0, 0.05) is 25.2 Å². The van der Waals surface area contributed by atoms with E-state index in [0.29, 0.717) is 0 Å². The Morgan fingerprint density at radius 2 is 1.94 bits per heavy atom. The number of benzene rings is 1. The topological polar surface area (TPSA) is 35.2 Å². The molecular weight excluding hydrogens is 198 g/mol. The van der Waals surface area contributed by atoms with E-state index in [9.17, 15) is 0 Å². The zero-order chi connectivity index (χ0) is 11.6. The van der Waals surface area contributed by atoms with Crippen molar-refractivity contribution in [1.29, 1.82) is 0 Å². The zero-order valence-corrected chi connectivity index (χ0v) is 10.3. The zero-order valence-electron chi connectivity index (χ0n) is 10.3. The van der Waals surface area contributed by atoms with E-state index in [1.807, 2.05) is 0 Å². The highest BCUT2D eigenvalue weighted by Gasteiger charge is 2.34. The van der Waals surface area contributed by atoms with Gasteiger partial charge in [-0.05, 0) is 43.4 Å². The molecule has 0 atom stereocenters. The maximum Gasteiger partial charge on any atom is 0.0475 e. The minimum Gasteiger partial charge on any atom is -0.381 e. The molecule has 0 aliphatic carbocycles. The largest absolute Gasteiger partial charge is 0.381 e. The molecule has 0 bridgehead atoms. The van der Waals surface area contributed by atoms with E-state index >= 15 is 0 Å². The molecule has 1 aliphatic heterocycles. The van der Waals surface area contributed by atoms with Crippen molar-refractivity contribution in [1.82, 2.24) is 0 Å². The van der Waals surface area contributed by atoms with Crippen molar-refractivity contribution in [2.24, 2.45) is 5.73 Å². The molecule has 0 unspecified atom stereocenters. The lowest BCUT2D eigenvalue weighted by molar-refractivity contribution is 0.0527. The molecule has 2 N–H and O–H groups in total. The van der Waals surface area contributed by atoms with E-state index < -0.39 is 0 Å². The number of ether oxygens (including phenoxy) is 1. The van der Waals surface area contributed by atoms with Crippen LogP contribution in [0, 0.1) is 13.8 Å². The van der Waals surface area contributed by atoms with Gasteiger partial charge < -0.3 is 10.5 Å². The summed E-state index contributed by atoms with van der Waals surface area (Å²) in [6.07, 6.45) is 2.10. The molecule has 2 nitrogen and oxygen atoms in total. The van der Waals surface area contributed by atoms with Crippen LogP contribution >= 0.6 is 0 Å². The third-order valence-corrected chi connectivity index (χ3v) is 4.02. The normalized spacial score (nSPS) is 19.7. The molecule has 1 aromatic carbocycles. The molecule has 1 aromatic rings. The average Bonchev–Trinajstić information content (AvgIpc) is 2.33. The quantitative estimate of drug-likeness (QED) is 0.828. The summed E-state index contributed by atoms with van der Waals surface area (Å²) in [7, 11) is 0. The molecular formula is C14H21NO. The summed E-state index contributed by atoms with van der Waals surface area (Å²) in [4.78, 5) is 0. The van der Waals surface area contributed by atoms with Crippen LogP contribution in [0.3, 0.4) is 0 Å². The Hall–Kier alpha value is -0.860. The number of nitrogens with two attached hydrogens (primary N) is 1. The number of hydrogen-bond acceptors (Lipinski definition) is 2. The number of aryl methyl sites for hydroxylation is 1. The first kappa shape index (κ1) is 11.6. The Labute approximate surface area is 97.8 Å². The fourth-order valence-electron chi connectivity index (χ4n) is 2.67. The van der Waals surface area contributed by atoms with Gasteiger partial charge in [0.05, 0.1) is 0 Å². The lowest BCUT2D eigenvalue weighted by Crippen LogP contribution is -2.41. The van der Waals surface area contributed by atoms with Crippen LogP contribution in [-0.2, 0) is 10.2 Å². The second kappa shape index (κ2) is 4.56. The maximum absolute atomic E-state index is 6.03. The summed E-state index contributed by atoms with van der Waals surface area (Å²) in [5, 5.41) is 0. The van der Waals surface area contributed by atoms with E-state index in [2.05, 4.69) is 32.0 Å². The highest BCUT2D eigenvalue weighted by atomic mass is 16.5. The maximum atomic E-state index is 6.03. The minimum absolute atomic E-state index is 0.147. The third kappa shape index (κ3) is 1.87. The van der Waals surface area contributed by atoms with Crippen molar-refractivity contribution in [3.63, 3.8) is 0 Å². The molecule has 16 heavy (non-hydrogen) atoms. The van der Waals surface area contributed by atoms with Crippen molar-refractivity contribution in [3.05, 3.63) is 34.9 Å². The summed E-state index contributed by atoms with van der Waals surface area (Å²) in [5.41, 5.74) is 10.4. The van der Waals surface area contributed by atoms with Crippen molar-refractivity contribution in [3.8, 4) is 0 Å². The van der Waals surface area contributed by atoms with E-state index in [-0.39, 0.29) is 5.41 Å². The molecule has 1 fully saturated rings. The van der Waals surface area contributed by atoms with Gasteiger partial charge in [-0.3, -0.25) is 0 Å². The Morgan fingerprint density at radius 3 is 2.56 bits per heavy atom. The van der Waals surface area contributed by atoms with Crippen LogP contribution in [0.25, 0.3) is 0 Å². The Balaban J connectivity index is 2.43. The monoisotopic (exact) mass is 219 g/mol. The smallest absolute Gasteiger partial charge is 0.0475 e. The van der Waals surface area contributed by atoms with Gasteiger partial charge in [0.15, 0.2) is 0 Å². The van der Waals surface area contributed by atoms with Crippen molar-refractivity contribution in [2.75, 3.05) is 19.8 Å². The van der Waals surface area contributed by atoms with Crippen LogP contribution < -0.4 is 5.73 Å². The van der Waals surface area contributed by atoms with Crippen molar-refractivity contribution >= 4 is 0 Å². The predicted octanol–water partition coefficient (Wildman–Crippen LogP) is 2.31. The van der Waals surface area contributed by atoms with Crippen LogP contribution in [0.2, 0.25) is 0 Å². The van der Waals surface area contributed by atoms with E-state index in [1.54, 1.807) is 0 Å². The molecule has 88 valence electrons. The molecule has 0 aromatic heterocycles. The molecule has 1 heterocycles. The molecule has 0 radical (unpaired) electrons. The van der Waals surface area contributed by atoms with Crippen LogP contribution in [-0.4, -0.2) is 19.8 Å². The van der Waals surface area contributed by atoms with Crippen LogP contribution in [0.5, 0.6) is 0 Å². The summed E-state index contributed by atoms with van der Waals surface area (Å²) in [6.45, 7) is 6.77. The molecule has 0 amide bonds. The van der Waals surface area contributed by atoms with Gasteiger partial charge in [-0.25, -0.2) is 0 Å². The summed E-state index contributed by atoms with van der Waals surface area (Å²) in [5.74, 6) is 0. The summed E-state index contributed by atoms with van der Waals surface area (Å²) >= 11 is 0. The molecule has 0 spiro atoms. The Morgan fingerprint density at radius 1 is 1.25 bits per heavy atom. The lowest BCUT2D eigenvalue weighted by Gasteiger charge is -2.38. The first-order valence-corrected chi connectivity index (χ1v) is 6.04. The Kier molecular flexibility index (Phi) is 3.31. The SMILES string of the molecule is Cc1cccc(C2(CN)CCOCC2)c1C. The second-order valence-electron chi connectivity index (χ2n) is 4.84. The number of rotatable bonds is 2. The molecule has 0 saturated carbocycles. The highest BCUT2D eigenvalue weighted by molar-refractivity contribution is 5.39.